The van der Waals surface area contributed by atoms with E-state index in [1.165, 1.54) is 0 Å². The summed E-state index contributed by atoms with van der Waals surface area (Å²) >= 11 is 0. The van der Waals surface area contributed by atoms with Gasteiger partial charge in [0.2, 0.25) is 11.8 Å². The van der Waals surface area contributed by atoms with Crippen molar-refractivity contribution in [3.8, 4) is 0 Å². The fourth-order valence-electron chi connectivity index (χ4n) is 4.30. The average molecular weight is 370 g/mol. The smallest absolute Gasteiger partial charge is 0.225 e. The molecule has 0 radical (unpaired) electrons. The molecule has 0 aromatic carbocycles. The minimum absolute atomic E-state index is 0.265. The first-order valence-corrected chi connectivity index (χ1v) is 10.4. The van der Waals surface area contributed by atoms with Crippen molar-refractivity contribution in [2.75, 3.05) is 44.2 Å². The highest BCUT2D eigenvalue weighted by Gasteiger charge is 2.35. The van der Waals surface area contributed by atoms with Crippen LogP contribution in [-0.4, -0.2) is 65.9 Å². The molecular weight excluding hydrogens is 340 g/mol. The maximum absolute atomic E-state index is 12.6. The highest BCUT2D eigenvalue weighted by molar-refractivity contribution is 5.81. The lowest BCUT2D eigenvalue weighted by molar-refractivity contribution is -0.134. The topological polar surface area (TPSA) is 56.8 Å². The van der Waals surface area contributed by atoms with E-state index in [9.17, 15) is 9.59 Å². The summed E-state index contributed by atoms with van der Waals surface area (Å²) in [7, 11) is 0. The molecule has 27 heavy (non-hydrogen) atoms. The van der Waals surface area contributed by atoms with Crippen molar-refractivity contribution >= 4 is 17.6 Å². The summed E-state index contributed by atoms with van der Waals surface area (Å²) in [4.78, 5) is 35.6. The number of anilines is 1. The van der Waals surface area contributed by atoms with Gasteiger partial charge in [-0.2, -0.15) is 0 Å². The molecule has 3 heterocycles. The number of rotatable bonds is 5. The third-order valence-electron chi connectivity index (χ3n) is 6.13. The van der Waals surface area contributed by atoms with E-state index < -0.39 is 0 Å². The molecule has 2 aliphatic heterocycles. The van der Waals surface area contributed by atoms with E-state index in [-0.39, 0.29) is 5.91 Å². The van der Waals surface area contributed by atoms with Gasteiger partial charge in [0.25, 0.3) is 0 Å². The van der Waals surface area contributed by atoms with E-state index in [1.807, 2.05) is 29.3 Å². The molecule has 2 saturated heterocycles. The highest BCUT2D eigenvalue weighted by Crippen LogP contribution is 2.33. The predicted octanol–water partition coefficient (Wildman–Crippen LogP) is 2.16. The SMILES string of the molecule is O=C(CC[C@@H]1CCCN(C(=O)C2CC2)C1)N1CCN(c2ccccn2)CC1. The number of pyridine rings is 1. The van der Waals surface area contributed by atoms with Gasteiger partial charge in [-0.25, -0.2) is 4.98 Å². The van der Waals surface area contributed by atoms with E-state index in [1.54, 1.807) is 0 Å². The van der Waals surface area contributed by atoms with Gasteiger partial charge in [-0.15, -0.1) is 0 Å². The van der Waals surface area contributed by atoms with E-state index in [0.29, 0.717) is 24.2 Å². The van der Waals surface area contributed by atoms with Gasteiger partial charge in [0.05, 0.1) is 0 Å². The number of hydrogen-bond donors (Lipinski definition) is 0. The van der Waals surface area contributed by atoms with Gasteiger partial charge in [0.1, 0.15) is 5.82 Å². The Balaban J connectivity index is 1.20. The number of aromatic nitrogens is 1. The van der Waals surface area contributed by atoms with Crippen molar-refractivity contribution in [3.63, 3.8) is 0 Å². The molecule has 0 spiro atoms. The van der Waals surface area contributed by atoms with Crippen LogP contribution < -0.4 is 4.90 Å². The fourth-order valence-corrected chi connectivity index (χ4v) is 4.30. The third-order valence-corrected chi connectivity index (χ3v) is 6.13. The Morgan fingerprint density at radius 2 is 1.81 bits per heavy atom. The Kier molecular flexibility index (Phi) is 5.60. The van der Waals surface area contributed by atoms with Crippen molar-refractivity contribution in [3.05, 3.63) is 24.4 Å². The molecule has 1 aromatic rings. The molecule has 1 aromatic heterocycles. The summed E-state index contributed by atoms with van der Waals surface area (Å²) in [5.74, 6) is 2.41. The molecule has 0 bridgehead atoms. The van der Waals surface area contributed by atoms with Crippen molar-refractivity contribution in [1.29, 1.82) is 0 Å². The minimum Gasteiger partial charge on any atom is -0.353 e. The first kappa shape index (κ1) is 18.3. The quantitative estimate of drug-likeness (QED) is 0.797. The lowest BCUT2D eigenvalue weighted by Crippen LogP contribution is -2.49. The predicted molar refractivity (Wildman–Crippen MR) is 104 cm³/mol. The molecule has 2 amide bonds. The second-order valence-corrected chi connectivity index (χ2v) is 8.16. The number of piperazine rings is 1. The minimum atomic E-state index is 0.265. The van der Waals surface area contributed by atoms with Crippen LogP contribution in [0.1, 0.15) is 38.5 Å². The fraction of sp³-hybridized carbons (Fsp3) is 0.667. The van der Waals surface area contributed by atoms with Gasteiger partial charge in [0, 0.05) is 57.8 Å². The summed E-state index contributed by atoms with van der Waals surface area (Å²) in [5, 5.41) is 0. The summed E-state index contributed by atoms with van der Waals surface area (Å²) in [6.07, 6.45) is 7.71. The maximum Gasteiger partial charge on any atom is 0.225 e. The molecule has 3 aliphatic rings. The Morgan fingerprint density at radius 3 is 2.52 bits per heavy atom. The number of carbonyl (C=O) groups excluding carboxylic acids is 2. The highest BCUT2D eigenvalue weighted by atomic mass is 16.2. The molecule has 4 rings (SSSR count). The van der Waals surface area contributed by atoms with Gasteiger partial charge in [0.15, 0.2) is 0 Å². The molecule has 3 fully saturated rings. The lowest BCUT2D eigenvalue weighted by atomic mass is 9.93. The van der Waals surface area contributed by atoms with E-state index in [4.69, 9.17) is 0 Å². The van der Waals surface area contributed by atoms with Crippen molar-refractivity contribution in [2.45, 2.75) is 38.5 Å². The molecule has 1 atom stereocenters. The molecule has 6 nitrogen and oxygen atoms in total. The Bertz CT molecular complexity index is 653. The monoisotopic (exact) mass is 370 g/mol. The number of likely N-dealkylation sites (tertiary alicyclic amines) is 1. The second kappa shape index (κ2) is 8.28. The number of amides is 2. The maximum atomic E-state index is 12.6. The van der Waals surface area contributed by atoms with E-state index in [0.717, 1.165) is 77.2 Å². The average Bonchev–Trinajstić information content (AvgIpc) is 3.58. The van der Waals surface area contributed by atoms with Gasteiger partial charge >= 0.3 is 0 Å². The number of nitrogens with zero attached hydrogens (tertiary/aromatic N) is 4. The number of hydrogen-bond acceptors (Lipinski definition) is 4. The van der Waals surface area contributed by atoms with Crippen LogP contribution in [0.25, 0.3) is 0 Å². The summed E-state index contributed by atoms with van der Waals surface area (Å²) in [6.45, 7) is 5.00. The number of carbonyl (C=O) groups is 2. The van der Waals surface area contributed by atoms with Gasteiger partial charge in [-0.3, -0.25) is 9.59 Å². The first-order chi connectivity index (χ1) is 13.2. The van der Waals surface area contributed by atoms with Crippen LogP contribution in [-0.2, 0) is 9.59 Å². The zero-order valence-corrected chi connectivity index (χ0v) is 16.1. The summed E-state index contributed by atoms with van der Waals surface area (Å²) in [5.41, 5.74) is 0. The van der Waals surface area contributed by atoms with Crippen LogP contribution in [0, 0.1) is 11.8 Å². The molecule has 6 heteroatoms. The zero-order valence-electron chi connectivity index (χ0n) is 16.1. The van der Waals surface area contributed by atoms with Gasteiger partial charge in [-0.1, -0.05) is 6.07 Å². The largest absolute Gasteiger partial charge is 0.353 e. The number of piperidine rings is 1. The van der Waals surface area contributed by atoms with Crippen LogP contribution in [0.3, 0.4) is 0 Å². The molecule has 0 N–H and O–H groups in total. The van der Waals surface area contributed by atoms with Gasteiger partial charge < -0.3 is 14.7 Å². The van der Waals surface area contributed by atoms with Crippen molar-refractivity contribution in [2.24, 2.45) is 11.8 Å². The van der Waals surface area contributed by atoms with Crippen molar-refractivity contribution < 1.29 is 9.59 Å². The van der Waals surface area contributed by atoms with Crippen LogP contribution >= 0.6 is 0 Å². The molecular formula is C21H30N4O2. The van der Waals surface area contributed by atoms with E-state index >= 15 is 0 Å². The van der Waals surface area contributed by atoms with Crippen LogP contribution in [0.5, 0.6) is 0 Å². The molecule has 146 valence electrons. The molecule has 1 saturated carbocycles. The first-order valence-electron chi connectivity index (χ1n) is 10.4. The summed E-state index contributed by atoms with van der Waals surface area (Å²) < 4.78 is 0. The van der Waals surface area contributed by atoms with Gasteiger partial charge in [-0.05, 0) is 50.2 Å². The summed E-state index contributed by atoms with van der Waals surface area (Å²) in [6, 6.07) is 5.95. The van der Waals surface area contributed by atoms with Crippen molar-refractivity contribution in [1.82, 2.24) is 14.8 Å². The lowest BCUT2D eigenvalue weighted by Gasteiger charge is -2.36. The Labute approximate surface area is 161 Å². The Hall–Kier alpha value is -2.11. The molecule has 0 unspecified atom stereocenters. The van der Waals surface area contributed by atoms with Crippen LogP contribution in [0.4, 0.5) is 5.82 Å². The Morgan fingerprint density at radius 1 is 1.00 bits per heavy atom. The zero-order chi connectivity index (χ0) is 18.6. The second-order valence-electron chi connectivity index (χ2n) is 8.16. The molecule has 1 aliphatic carbocycles. The standard InChI is InChI=1S/C21H30N4O2/c26-20(24-14-12-23(13-15-24)19-5-1-2-10-22-19)9-6-17-4-3-11-25(16-17)21(27)18-7-8-18/h1-2,5,10,17-18H,3-4,6-9,11-16H2/t17-/m0/s1. The van der Waals surface area contributed by atoms with E-state index in [2.05, 4.69) is 14.8 Å². The normalized spacial score (nSPS) is 23.4. The van der Waals surface area contributed by atoms with Crippen LogP contribution in [0.15, 0.2) is 24.4 Å². The third kappa shape index (κ3) is 4.60. The van der Waals surface area contributed by atoms with Crippen LogP contribution in [0.2, 0.25) is 0 Å².